The number of hydrogen-bond acceptors (Lipinski definition) is 4. The predicted molar refractivity (Wildman–Crippen MR) is 55.3 cm³/mol. The molecule has 0 amide bonds. The Morgan fingerprint density at radius 2 is 2.00 bits per heavy atom. The molecule has 4 nitrogen and oxygen atoms in total. The minimum atomic E-state index is -4.44. The van der Waals surface area contributed by atoms with Gasteiger partial charge in [0.25, 0.3) is 0 Å². The standard InChI is InChI=1S/C10H7F3N4/c11-10(12,13)9-16-15-8-5-14-6-3-1-2-4-7(6)17(8)9/h1-5,9,14H. The summed E-state index contributed by atoms with van der Waals surface area (Å²) in [5, 5.41) is 9.68. The number of nitrogens with zero attached hydrogens (tertiary/aromatic N) is 3. The van der Waals surface area contributed by atoms with E-state index >= 15 is 0 Å². The molecular formula is C10H7F3N4. The first kappa shape index (κ1) is 10.1. The summed E-state index contributed by atoms with van der Waals surface area (Å²) >= 11 is 0. The van der Waals surface area contributed by atoms with Gasteiger partial charge in [-0.3, -0.25) is 4.90 Å². The van der Waals surface area contributed by atoms with Crippen molar-refractivity contribution in [3.63, 3.8) is 0 Å². The van der Waals surface area contributed by atoms with E-state index in [1.165, 1.54) is 6.20 Å². The number of nitrogens with one attached hydrogen (secondary N) is 1. The molecule has 1 unspecified atom stereocenters. The van der Waals surface area contributed by atoms with Gasteiger partial charge in [-0.05, 0) is 12.1 Å². The van der Waals surface area contributed by atoms with Crippen LogP contribution < -0.4 is 10.2 Å². The summed E-state index contributed by atoms with van der Waals surface area (Å²) < 4.78 is 38.3. The minimum Gasteiger partial charge on any atom is -0.357 e. The van der Waals surface area contributed by atoms with Crippen LogP contribution >= 0.6 is 0 Å². The van der Waals surface area contributed by atoms with Crippen LogP contribution in [0.1, 0.15) is 0 Å². The number of hydrogen-bond donors (Lipinski definition) is 1. The number of benzene rings is 1. The first-order valence-corrected chi connectivity index (χ1v) is 4.90. The number of azo groups is 1. The van der Waals surface area contributed by atoms with Crippen LogP contribution in [-0.4, -0.2) is 12.3 Å². The molecule has 0 aromatic heterocycles. The second-order valence-corrected chi connectivity index (χ2v) is 3.66. The van der Waals surface area contributed by atoms with Crippen LogP contribution in [0.4, 0.5) is 24.5 Å². The molecule has 0 radical (unpaired) electrons. The van der Waals surface area contributed by atoms with E-state index in [0.717, 1.165) is 4.90 Å². The summed E-state index contributed by atoms with van der Waals surface area (Å²) in [5.41, 5.74) is 1.04. The molecule has 7 heteroatoms. The highest BCUT2D eigenvalue weighted by atomic mass is 19.4. The van der Waals surface area contributed by atoms with Gasteiger partial charge in [-0.25, -0.2) is 0 Å². The van der Waals surface area contributed by atoms with E-state index in [0.29, 0.717) is 11.4 Å². The van der Waals surface area contributed by atoms with Crippen molar-refractivity contribution in [3.8, 4) is 0 Å². The van der Waals surface area contributed by atoms with Crippen LogP contribution in [0.25, 0.3) is 0 Å². The summed E-state index contributed by atoms with van der Waals surface area (Å²) in [6.07, 6.45) is -4.96. The lowest BCUT2D eigenvalue weighted by molar-refractivity contribution is -0.144. The van der Waals surface area contributed by atoms with Gasteiger partial charge < -0.3 is 5.32 Å². The zero-order chi connectivity index (χ0) is 12.0. The van der Waals surface area contributed by atoms with Crippen LogP contribution in [0.3, 0.4) is 0 Å². The highest BCUT2D eigenvalue weighted by molar-refractivity contribution is 5.76. The summed E-state index contributed by atoms with van der Waals surface area (Å²) in [6.45, 7) is 0. The maximum absolute atomic E-state index is 12.8. The van der Waals surface area contributed by atoms with Crippen molar-refractivity contribution in [1.29, 1.82) is 0 Å². The number of halogens is 3. The smallest absolute Gasteiger partial charge is 0.357 e. The third-order valence-corrected chi connectivity index (χ3v) is 2.57. The summed E-state index contributed by atoms with van der Waals surface area (Å²) in [6, 6.07) is 6.73. The fourth-order valence-electron chi connectivity index (χ4n) is 1.85. The van der Waals surface area contributed by atoms with Gasteiger partial charge in [0.15, 0.2) is 5.82 Å². The number of fused-ring (bicyclic) bond motifs is 3. The van der Waals surface area contributed by atoms with Gasteiger partial charge in [-0.15, -0.1) is 5.11 Å². The molecule has 0 spiro atoms. The third-order valence-electron chi connectivity index (χ3n) is 2.57. The molecule has 0 bridgehead atoms. The fraction of sp³-hybridized carbons (Fsp3) is 0.200. The van der Waals surface area contributed by atoms with Gasteiger partial charge in [0.05, 0.1) is 11.4 Å². The molecule has 0 saturated heterocycles. The van der Waals surface area contributed by atoms with E-state index in [4.69, 9.17) is 0 Å². The van der Waals surface area contributed by atoms with Gasteiger partial charge in [-0.2, -0.15) is 18.3 Å². The first-order chi connectivity index (χ1) is 8.07. The van der Waals surface area contributed by atoms with Crippen molar-refractivity contribution in [2.45, 2.75) is 12.3 Å². The normalized spacial score (nSPS) is 21.7. The molecule has 1 atom stereocenters. The molecule has 17 heavy (non-hydrogen) atoms. The first-order valence-electron chi connectivity index (χ1n) is 4.90. The Bertz CT molecular complexity index is 521. The molecule has 0 aliphatic carbocycles. The van der Waals surface area contributed by atoms with E-state index in [9.17, 15) is 13.2 Å². The quantitative estimate of drug-likeness (QED) is 0.757. The van der Waals surface area contributed by atoms with E-state index in [2.05, 4.69) is 15.5 Å². The maximum Gasteiger partial charge on any atom is 0.431 e. The maximum atomic E-state index is 12.8. The van der Waals surface area contributed by atoms with Crippen molar-refractivity contribution >= 4 is 11.4 Å². The Labute approximate surface area is 94.4 Å². The molecule has 0 saturated carbocycles. The molecule has 1 N–H and O–H groups in total. The zero-order valence-corrected chi connectivity index (χ0v) is 8.44. The topological polar surface area (TPSA) is 40.0 Å². The summed E-state index contributed by atoms with van der Waals surface area (Å²) in [5.74, 6) is 0.172. The molecule has 1 aromatic rings. The van der Waals surface area contributed by atoms with Crippen molar-refractivity contribution < 1.29 is 13.2 Å². The highest BCUT2D eigenvalue weighted by Gasteiger charge is 2.49. The lowest BCUT2D eigenvalue weighted by Gasteiger charge is -2.30. The zero-order valence-electron chi connectivity index (χ0n) is 8.44. The number of alkyl halides is 3. The lowest BCUT2D eigenvalue weighted by Crippen LogP contribution is -2.41. The average molecular weight is 240 g/mol. The summed E-state index contributed by atoms with van der Waals surface area (Å²) in [4.78, 5) is 1.08. The van der Waals surface area contributed by atoms with Crippen LogP contribution in [0.15, 0.2) is 46.5 Å². The second-order valence-electron chi connectivity index (χ2n) is 3.66. The highest BCUT2D eigenvalue weighted by Crippen LogP contribution is 2.42. The van der Waals surface area contributed by atoms with Crippen molar-refractivity contribution in [2.75, 3.05) is 10.2 Å². The predicted octanol–water partition coefficient (Wildman–Crippen LogP) is 3.07. The van der Waals surface area contributed by atoms with Crippen LogP contribution in [0.2, 0.25) is 0 Å². The Balaban J connectivity index is 2.09. The molecule has 3 rings (SSSR count). The average Bonchev–Trinajstić information content (AvgIpc) is 2.72. The van der Waals surface area contributed by atoms with Crippen LogP contribution in [-0.2, 0) is 0 Å². The lowest BCUT2D eigenvalue weighted by atomic mass is 10.2. The minimum absolute atomic E-state index is 0.172. The van der Waals surface area contributed by atoms with Gasteiger partial charge in [0.2, 0.25) is 6.17 Å². The molecule has 0 fully saturated rings. The van der Waals surface area contributed by atoms with E-state index in [-0.39, 0.29) is 5.82 Å². The third kappa shape index (κ3) is 1.46. The van der Waals surface area contributed by atoms with E-state index in [1.54, 1.807) is 24.3 Å². The second kappa shape index (κ2) is 3.22. The Kier molecular flexibility index (Phi) is 1.92. The van der Waals surface area contributed by atoms with Crippen molar-refractivity contribution in [3.05, 3.63) is 36.3 Å². The van der Waals surface area contributed by atoms with Gasteiger partial charge in [0, 0.05) is 6.20 Å². The van der Waals surface area contributed by atoms with Gasteiger partial charge in [0.1, 0.15) is 0 Å². The number of para-hydroxylation sites is 2. The molecular weight excluding hydrogens is 233 g/mol. The van der Waals surface area contributed by atoms with E-state index < -0.39 is 12.3 Å². The van der Waals surface area contributed by atoms with Crippen molar-refractivity contribution in [2.24, 2.45) is 10.2 Å². The largest absolute Gasteiger partial charge is 0.431 e. The molecule has 1 aromatic carbocycles. The molecule has 2 aliphatic rings. The SMILES string of the molecule is FC(F)(F)C1N=NC2=CNc3ccccc3N21. The molecule has 88 valence electrons. The van der Waals surface area contributed by atoms with Gasteiger partial charge >= 0.3 is 6.18 Å². The van der Waals surface area contributed by atoms with E-state index in [1.807, 2.05) is 0 Å². The molecule has 2 aliphatic heterocycles. The van der Waals surface area contributed by atoms with Crippen LogP contribution in [0, 0.1) is 0 Å². The van der Waals surface area contributed by atoms with Gasteiger partial charge in [-0.1, -0.05) is 12.1 Å². The Hall–Kier alpha value is -2.05. The van der Waals surface area contributed by atoms with Crippen molar-refractivity contribution in [1.82, 2.24) is 0 Å². The molecule has 2 heterocycles. The number of anilines is 2. The van der Waals surface area contributed by atoms with Crippen LogP contribution in [0.5, 0.6) is 0 Å². The summed E-state index contributed by atoms with van der Waals surface area (Å²) in [7, 11) is 0. The monoisotopic (exact) mass is 240 g/mol. The Morgan fingerprint density at radius 3 is 2.76 bits per heavy atom. The fourth-order valence-corrected chi connectivity index (χ4v) is 1.85. The Morgan fingerprint density at radius 1 is 1.24 bits per heavy atom. The number of rotatable bonds is 0.